The maximum atomic E-state index is 13.7. The number of para-hydroxylation sites is 2. The van der Waals surface area contributed by atoms with Crippen molar-refractivity contribution < 1.29 is 8.81 Å². The lowest BCUT2D eigenvalue weighted by Gasteiger charge is -2.26. The van der Waals surface area contributed by atoms with E-state index in [-0.39, 0.29) is 5.82 Å². The van der Waals surface area contributed by atoms with Crippen molar-refractivity contribution >= 4 is 60.8 Å². The largest absolute Gasteiger partial charge is 0.456 e. The molecule has 0 atom stereocenters. The van der Waals surface area contributed by atoms with Gasteiger partial charge in [0.1, 0.15) is 17.0 Å². The molecule has 0 amide bonds. The number of furan rings is 1. The number of rotatable bonds is 5. The van der Waals surface area contributed by atoms with Gasteiger partial charge in [-0.25, -0.2) is 4.39 Å². The Hall–Kier alpha value is -6.13. The number of aryl methyl sites for hydroxylation is 1. The van der Waals surface area contributed by atoms with Crippen LogP contribution in [0.4, 0.5) is 21.5 Å². The van der Waals surface area contributed by atoms with Crippen LogP contribution in [0, 0.1) is 12.7 Å². The Bertz CT molecular complexity index is 2580. The van der Waals surface area contributed by atoms with Crippen LogP contribution >= 0.6 is 0 Å². The lowest BCUT2D eigenvalue weighted by Crippen LogP contribution is -2.10. The molecule has 9 rings (SSSR count). The molecule has 0 saturated carbocycles. The van der Waals surface area contributed by atoms with Crippen LogP contribution in [0.5, 0.6) is 0 Å². The summed E-state index contributed by atoms with van der Waals surface area (Å²) in [6.07, 6.45) is 0. The molecule has 0 aliphatic carbocycles. The first-order valence-corrected chi connectivity index (χ1v) is 15.8. The molecular weight excluding hydrogens is 579 g/mol. The van der Waals surface area contributed by atoms with Gasteiger partial charge in [-0.15, -0.1) is 0 Å². The van der Waals surface area contributed by atoms with Crippen molar-refractivity contribution in [3.8, 4) is 16.8 Å². The summed E-state index contributed by atoms with van der Waals surface area (Å²) in [7, 11) is 0. The predicted molar refractivity (Wildman–Crippen MR) is 193 cm³/mol. The fourth-order valence-corrected chi connectivity index (χ4v) is 6.89. The normalized spacial score (nSPS) is 11.6. The highest BCUT2D eigenvalue weighted by molar-refractivity contribution is 6.15. The van der Waals surface area contributed by atoms with Crippen LogP contribution in [0.15, 0.2) is 162 Å². The van der Waals surface area contributed by atoms with Crippen molar-refractivity contribution in [1.29, 1.82) is 0 Å². The van der Waals surface area contributed by atoms with E-state index in [0.717, 1.165) is 61.3 Å². The zero-order chi connectivity index (χ0) is 31.5. The predicted octanol–water partition coefficient (Wildman–Crippen LogP) is 12.3. The van der Waals surface area contributed by atoms with Crippen molar-refractivity contribution in [2.24, 2.45) is 0 Å². The van der Waals surface area contributed by atoms with Gasteiger partial charge in [0.05, 0.1) is 22.1 Å². The van der Waals surface area contributed by atoms with Crippen LogP contribution in [0.2, 0.25) is 0 Å². The Morgan fingerprint density at radius 2 is 1.17 bits per heavy atom. The number of aromatic nitrogens is 1. The summed E-state index contributed by atoms with van der Waals surface area (Å²) in [6.45, 7) is 2.12. The third kappa shape index (κ3) is 4.49. The molecule has 0 bridgehead atoms. The third-order valence-electron chi connectivity index (χ3n) is 9.13. The van der Waals surface area contributed by atoms with E-state index in [1.807, 2.05) is 30.3 Å². The molecule has 0 unspecified atom stereocenters. The first kappa shape index (κ1) is 27.2. The topological polar surface area (TPSA) is 21.3 Å². The first-order chi connectivity index (χ1) is 23.1. The molecule has 2 aromatic heterocycles. The molecule has 0 aliphatic rings. The number of halogens is 1. The van der Waals surface area contributed by atoms with Crippen LogP contribution in [-0.2, 0) is 0 Å². The number of hydrogen-bond donors (Lipinski definition) is 0. The minimum atomic E-state index is -0.240. The molecule has 0 aliphatic heterocycles. The summed E-state index contributed by atoms with van der Waals surface area (Å²) >= 11 is 0. The van der Waals surface area contributed by atoms with Crippen molar-refractivity contribution in [3.63, 3.8) is 0 Å². The second kappa shape index (κ2) is 10.7. The number of hydrogen-bond acceptors (Lipinski definition) is 2. The Labute approximate surface area is 271 Å². The number of nitrogens with zero attached hydrogens (tertiary/aromatic N) is 2. The lowest BCUT2D eigenvalue weighted by molar-refractivity contribution is 0.628. The van der Waals surface area contributed by atoms with Gasteiger partial charge in [0.25, 0.3) is 0 Å². The second-order valence-corrected chi connectivity index (χ2v) is 12.0. The number of benzene rings is 7. The summed E-state index contributed by atoms with van der Waals surface area (Å²) in [4.78, 5) is 2.32. The average Bonchev–Trinajstić information content (AvgIpc) is 3.66. The summed E-state index contributed by atoms with van der Waals surface area (Å²) in [5.41, 5.74) is 11.5. The van der Waals surface area contributed by atoms with E-state index >= 15 is 0 Å². The number of anilines is 3. The highest BCUT2D eigenvalue weighted by atomic mass is 19.1. The van der Waals surface area contributed by atoms with Crippen molar-refractivity contribution in [3.05, 3.63) is 169 Å². The quantitative estimate of drug-likeness (QED) is 0.194. The minimum absolute atomic E-state index is 0.240. The SMILES string of the molecule is Cc1ccc(-n2c3ccccc3c3cc(N(c4ccc(-c5ccc(F)cc5)cc4)c4cccc5oc6ccccc6c45)ccc32)cc1. The van der Waals surface area contributed by atoms with Gasteiger partial charge in [-0.05, 0) is 96.9 Å². The van der Waals surface area contributed by atoms with Gasteiger partial charge in [-0.3, -0.25) is 0 Å². The van der Waals surface area contributed by atoms with Gasteiger partial charge in [0.2, 0.25) is 0 Å². The number of fused-ring (bicyclic) bond motifs is 6. The van der Waals surface area contributed by atoms with Gasteiger partial charge in [-0.2, -0.15) is 0 Å². The first-order valence-electron chi connectivity index (χ1n) is 15.8. The average molecular weight is 609 g/mol. The minimum Gasteiger partial charge on any atom is -0.456 e. The molecule has 7 aromatic carbocycles. The molecule has 2 heterocycles. The zero-order valence-corrected chi connectivity index (χ0v) is 25.7. The van der Waals surface area contributed by atoms with Crippen LogP contribution in [0.25, 0.3) is 60.6 Å². The van der Waals surface area contributed by atoms with E-state index in [9.17, 15) is 4.39 Å². The summed E-state index contributed by atoms with van der Waals surface area (Å²) in [5.74, 6) is -0.240. The van der Waals surface area contributed by atoms with E-state index in [0.29, 0.717) is 0 Å². The van der Waals surface area contributed by atoms with E-state index in [2.05, 4.69) is 132 Å². The van der Waals surface area contributed by atoms with Gasteiger partial charge in [-0.1, -0.05) is 84.4 Å². The zero-order valence-electron chi connectivity index (χ0n) is 25.7. The fourth-order valence-electron chi connectivity index (χ4n) is 6.89. The smallest absolute Gasteiger partial charge is 0.137 e. The molecule has 0 N–H and O–H groups in total. The van der Waals surface area contributed by atoms with Crippen molar-refractivity contribution in [2.45, 2.75) is 6.92 Å². The van der Waals surface area contributed by atoms with Gasteiger partial charge in [0.15, 0.2) is 0 Å². The monoisotopic (exact) mass is 608 g/mol. The Morgan fingerprint density at radius 3 is 1.96 bits per heavy atom. The summed E-state index contributed by atoms with van der Waals surface area (Å²) in [5, 5.41) is 4.51. The molecule has 0 saturated heterocycles. The molecule has 3 nitrogen and oxygen atoms in total. The molecule has 224 valence electrons. The van der Waals surface area contributed by atoms with E-state index in [1.165, 1.54) is 34.0 Å². The van der Waals surface area contributed by atoms with Crippen LogP contribution in [0.1, 0.15) is 5.56 Å². The summed E-state index contributed by atoms with van der Waals surface area (Å²) in [6, 6.07) is 53.7. The summed E-state index contributed by atoms with van der Waals surface area (Å²) < 4.78 is 22.3. The van der Waals surface area contributed by atoms with Crippen molar-refractivity contribution in [1.82, 2.24) is 4.57 Å². The van der Waals surface area contributed by atoms with Crippen LogP contribution < -0.4 is 4.90 Å². The molecule has 47 heavy (non-hydrogen) atoms. The molecule has 0 fully saturated rings. The van der Waals surface area contributed by atoms with Crippen LogP contribution in [0.3, 0.4) is 0 Å². The van der Waals surface area contributed by atoms with Gasteiger partial charge >= 0.3 is 0 Å². The Balaban J connectivity index is 1.28. The maximum absolute atomic E-state index is 13.7. The molecule has 9 aromatic rings. The van der Waals surface area contributed by atoms with E-state index < -0.39 is 0 Å². The molecule has 0 spiro atoms. The van der Waals surface area contributed by atoms with Gasteiger partial charge in [0, 0.05) is 33.2 Å². The van der Waals surface area contributed by atoms with Crippen molar-refractivity contribution in [2.75, 3.05) is 4.90 Å². The molecular formula is C43H29FN2O. The third-order valence-corrected chi connectivity index (χ3v) is 9.13. The van der Waals surface area contributed by atoms with E-state index in [4.69, 9.17) is 4.42 Å². The fraction of sp³-hybridized carbons (Fsp3) is 0.0233. The van der Waals surface area contributed by atoms with Gasteiger partial charge < -0.3 is 13.9 Å². The Kier molecular flexibility index (Phi) is 6.22. The maximum Gasteiger partial charge on any atom is 0.137 e. The van der Waals surface area contributed by atoms with Crippen LogP contribution in [-0.4, -0.2) is 4.57 Å². The Morgan fingerprint density at radius 1 is 0.532 bits per heavy atom. The highest BCUT2D eigenvalue weighted by Gasteiger charge is 2.21. The standard InChI is InChI=1S/C43H29FN2O/c1-28-13-21-33(22-14-28)46-38-9-4-2-7-35(38)37-27-34(25-26-39(37)46)45(32-23-17-30(18-24-32)29-15-19-31(44)20-16-29)40-10-6-12-42-43(40)36-8-3-5-11-41(36)47-42/h2-27H,1H3. The van der Waals surface area contributed by atoms with E-state index in [1.54, 1.807) is 0 Å². The lowest BCUT2D eigenvalue weighted by atomic mass is 10.0. The second-order valence-electron chi connectivity index (χ2n) is 12.0. The highest BCUT2D eigenvalue weighted by Crippen LogP contribution is 2.44. The molecule has 0 radical (unpaired) electrons. The molecule has 4 heteroatoms.